The quantitative estimate of drug-likeness (QED) is 0.453. The number of hydrogen-bond donors (Lipinski definition) is 2. The molecule has 4 rings (SSSR count). The van der Waals surface area contributed by atoms with Gasteiger partial charge >= 0.3 is 0 Å². The third-order valence-corrected chi connectivity index (χ3v) is 6.05. The van der Waals surface area contributed by atoms with E-state index in [0.717, 1.165) is 24.0 Å². The number of hydrogen-bond acceptors (Lipinski definition) is 7. The molecule has 0 spiro atoms. The van der Waals surface area contributed by atoms with Gasteiger partial charge in [0, 0.05) is 55.0 Å². The van der Waals surface area contributed by atoms with Crippen molar-refractivity contribution in [3.05, 3.63) is 64.7 Å². The molecule has 2 heterocycles. The molecule has 1 fully saturated rings. The molecule has 190 valence electrons. The Morgan fingerprint density at radius 1 is 1.11 bits per heavy atom. The van der Waals surface area contributed by atoms with Crippen molar-refractivity contribution in [1.82, 2.24) is 9.96 Å². The van der Waals surface area contributed by atoms with Gasteiger partial charge in [-0.15, -0.1) is 0 Å². The molecular formula is C27H33N5O4. The summed E-state index contributed by atoms with van der Waals surface area (Å²) in [7, 11) is 0. The highest BCUT2D eigenvalue weighted by molar-refractivity contribution is 6.05. The highest BCUT2D eigenvalue weighted by Crippen LogP contribution is 2.29. The average Bonchev–Trinajstić information content (AvgIpc) is 3.25. The lowest BCUT2D eigenvalue weighted by Gasteiger charge is -2.22. The van der Waals surface area contributed by atoms with Crippen LogP contribution in [0.3, 0.4) is 0 Å². The second-order valence-electron chi connectivity index (χ2n) is 8.90. The van der Waals surface area contributed by atoms with Crippen LogP contribution in [0, 0.1) is 0 Å². The summed E-state index contributed by atoms with van der Waals surface area (Å²) >= 11 is 0. The predicted molar refractivity (Wildman–Crippen MR) is 139 cm³/mol. The van der Waals surface area contributed by atoms with Gasteiger partial charge in [0.25, 0.3) is 11.8 Å². The van der Waals surface area contributed by atoms with E-state index in [4.69, 9.17) is 21.0 Å². The predicted octanol–water partition coefficient (Wildman–Crippen LogP) is 3.28. The molecule has 0 aliphatic carbocycles. The van der Waals surface area contributed by atoms with Gasteiger partial charge in [-0.2, -0.15) is 0 Å². The highest BCUT2D eigenvalue weighted by Gasteiger charge is 2.24. The van der Waals surface area contributed by atoms with E-state index in [1.807, 2.05) is 25.1 Å². The zero-order valence-corrected chi connectivity index (χ0v) is 20.6. The first-order valence-corrected chi connectivity index (χ1v) is 12.3. The number of fused-ring (bicyclic) bond motifs is 1. The Bertz CT molecular complexity index is 1150. The number of benzene rings is 2. The zero-order chi connectivity index (χ0) is 25.5. The standard InChI is InChI=1S/C27H33N5O4/c1-2-10-32(36-18-19-4-8-23(28)9-5-19)27(34)22-15-20-6-7-21(16-24(20)30-25(29)17-22)26(33)31-11-3-13-35-14-12-31/h4-9,15-16H,2-3,10-14,17-18,28H2,1H3,(H2,29,30). The number of anilines is 1. The second kappa shape index (κ2) is 11.8. The maximum Gasteiger partial charge on any atom is 0.273 e. The van der Waals surface area contributed by atoms with Gasteiger partial charge in [0.2, 0.25) is 0 Å². The fourth-order valence-corrected chi connectivity index (χ4v) is 4.15. The van der Waals surface area contributed by atoms with E-state index in [0.29, 0.717) is 61.2 Å². The number of amides is 2. The molecule has 0 unspecified atom stereocenters. The van der Waals surface area contributed by atoms with Crippen molar-refractivity contribution in [1.29, 1.82) is 0 Å². The van der Waals surface area contributed by atoms with Gasteiger partial charge in [0.15, 0.2) is 0 Å². The maximum absolute atomic E-state index is 13.4. The number of nitrogens with zero attached hydrogens (tertiary/aromatic N) is 3. The molecule has 9 nitrogen and oxygen atoms in total. The zero-order valence-electron chi connectivity index (χ0n) is 20.6. The van der Waals surface area contributed by atoms with Crippen molar-refractivity contribution >= 4 is 35.1 Å². The van der Waals surface area contributed by atoms with Crippen LogP contribution in [0.1, 0.15) is 47.7 Å². The summed E-state index contributed by atoms with van der Waals surface area (Å²) in [5, 5.41) is 1.37. The summed E-state index contributed by atoms with van der Waals surface area (Å²) in [6.07, 6.45) is 3.51. The molecule has 0 saturated carbocycles. The highest BCUT2D eigenvalue weighted by atomic mass is 16.7. The first-order valence-electron chi connectivity index (χ1n) is 12.3. The molecular weight excluding hydrogens is 458 g/mol. The number of ether oxygens (including phenoxy) is 1. The van der Waals surface area contributed by atoms with E-state index < -0.39 is 0 Å². The lowest BCUT2D eigenvalue weighted by Crippen LogP contribution is -2.34. The Kier molecular flexibility index (Phi) is 8.35. The van der Waals surface area contributed by atoms with E-state index >= 15 is 0 Å². The molecule has 0 radical (unpaired) electrons. The maximum atomic E-state index is 13.4. The summed E-state index contributed by atoms with van der Waals surface area (Å²) in [5.74, 6) is -0.0223. The summed E-state index contributed by atoms with van der Waals surface area (Å²) in [4.78, 5) is 38.6. The monoisotopic (exact) mass is 491 g/mol. The van der Waals surface area contributed by atoms with Crippen molar-refractivity contribution < 1.29 is 19.2 Å². The Morgan fingerprint density at radius 2 is 1.92 bits per heavy atom. The molecule has 0 bridgehead atoms. The number of hydroxylamine groups is 2. The molecule has 4 N–H and O–H groups in total. The minimum Gasteiger partial charge on any atom is -0.399 e. The molecule has 2 aliphatic rings. The van der Waals surface area contributed by atoms with Crippen LogP contribution < -0.4 is 11.5 Å². The van der Waals surface area contributed by atoms with Gasteiger partial charge in [-0.25, -0.2) is 10.1 Å². The third kappa shape index (κ3) is 6.30. The molecule has 2 amide bonds. The van der Waals surface area contributed by atoms with Crippen LogP contribution >= 0.6 is 0 Å². The summed E-state index contributed by atoms with van der Waals surface area (Å²) in [6.45, 7) is 5.07. The third-order valence-electron chi connectivity index (χ3n) is 6.05. The van der Waals surface area contributed by atoms with Crippen LogP contribution in [0.4, 0.5) is 11.4 Å². The molecule has 9 heteroatoms. The van der Waals surface area contributed by atoms with Crippen molar-refractivity contribution in [2.75, 3.05) is 38.6 Å². The largest absolute Gasteiger partial charge is 0.399 e. The summed E-state index contributed by atoms with van der Waals surface area (Å²) in [5.41, 5.74) is 15.8. The van der Waals surface area contributed by atoms with E-state index in [1.165, 1.54) is 5.06 Å². The SMILES string of the molecule is CCCN(OCc1ccc(N)cc1)C(=O)C1=Cc2ccc(C(=O)N3CCCOCC3)cc2N=C(N)C1. The number of amidine groups is 1. The van der Waals surface area contributed by atoms with Crippen LogP contribution in [-0.2, 0) is 21.0 Å². The van der Waals surface area contributed by atoms with Crippen LogP contribution in [0.2, 0.25) is 0 Å². The van der Waals surface area contributed by atoms with Crippen molar-refractivity contribution in [2.24, 2.45) is 10.7 Å². The van der Waals surface area contributed by atoms with E-state index in [-0.39, 0.29) is 24.8 Å². The van der Waals surface area contributed by atoms with E-state index in [1.54, 1.807) is 35.2 Å². The van der Waals surface area contributed by atoms with E-state index in [9.17, 15) is 9.59 Å². The molecule has 0 aromatic heterocycles. The number of carbonyl (C=O) groups is 2. The molecule has 1 saturated heterocycles. The van der Waals surface area contributed by atoms with Gasteiger partial charge < -0.3 is 21.1 Å². The number of nitrogen functional groups attached to an aromatic ring is 1. The fourth-order valence-electron chi connectivity index (χ4n) is 4.15. The fraction of sp³-hybridized carbons (Fsp3) is 0.370. The average molecular weight is 492 g/mol. The van der Waals surface area contributed by atoms with Crippen LogP contribution in [-0.4, -0.2) is 60.5 Å². The van der Waals surface area contributed by atoms with E-state index in [2.05, 4.69) is 4.99 Å². The normalized spacial score (nSPS) is 15.8. The summed E-state index contributed by atoms with van der Waals surface area (Å²) < 4.78 is 5.46. The number of rotatable bonds is 7. The van der Waals surface area contributed by atoms with Gasteiger partial charge in [-0.3, -0.25) is 14.4 Å². The number of carbonyl (C=O) groups excluding carboxylic acids is 2. The van der Waals surface area contributed by atoms with Crippen molar-refractivity contribution in [3.63, 3.8) is 0 Å². The Labute approximate surface area is 211 Å². The Balaban J connectivity index is 1.53. The Morgan fingerprint density at radius 3 is 2.69 bits per heavy atom. The molecule has 0 atom stereocenters. The first kappa shape index (κ1) is 25.4. The second-order valence-corrected chi connectivity index (χ2v) is 8.90. The van der Waals surface area contributed by atoms with Crippen LogP contribution in [0.15, 0.2) is 53.0 Å². The molecule has 2 aliphatic heterocycles. The van der Waals surface area contributed by atoms with Gasteiger partial charge in [0.1, 0.15) is 12.4 Å². The van der Waals surface area contributed by atoms with Crippen molar-refractivity contribution in [2.45, 2.75) is 32.8 Å². The lowest BCUT2D eigenvalue weighted by molar-refractivity contribution is -0.187. The minimum atomic E-state index is -0.261. The first-order chi connectivity index (χ1) is 17.4. The topological polar surface area (TPSA) is 123 Å². The van der Waals surface area contributed by atoms with Crippen LogP contribution in [0.5, 0.6) is 0 Å². The molecule has 2 aromatic rings. The van der Waals surface area contributed by atoms with Crippen molar-refractivity contribution in [3.8, 4) is 0 Å². The van der Waals surface area contributed by atoms with Gasteiger partial charge in [-0.1, -0.05) is 25.1 Å². The molecule has 36 heavy (non-hydrogen) atoms. The van der Waals surface area contributed by atoms with Gasteiger partial charge in [-0.05, 0) is 48.7 Å². The number of aliphatic imine (C=N–C) groups is 1. The minimum absolute atomic E-state index is 0.0632. The molecule has 2 aromatic carbocycles. The van der Waals surface area contributed by atoms with Gasteiger partial charge in [0.05, 0.1) is 12.3 Å². The number of nitrogens with two attached hydrogens (primary N) is 2. The smallest absolute Gasteiger partial charge is 0.273 e. The van der Waals surface area contributed by atoms with Crippen LogP contribution in [0.25, 0.3) is 6.08 Å². The summed E-state index contributed by atoms with van der Waals surface area (Å²) in [6, 6.07) is 12.6. The lowest BCUT2D eigenvalue weighted by atomic mass is 10.0. The Hall–Kier alpha value is -3.69.